The van der Waals surface area contributed by atoms with Crippen LogP contribution in [0.2, 0.25) is 0 Å². The maximum Gasteiger partial charge on any atom is 0.0950 e. The predicted octanol–water partition coefficient (Wildman–Crippen LogP) is 2.39. The van der Waals surface area contributed by atoms with Crippen molar-refractivity contribution < 1.29 is 0 Å². The van der Waals surface area contributed by atoms with Gasteiger partial charge in [0.05, 0.1) is 28.8 Å². The van der Waals surface area contributed by atoms with Crippen molar-refractivity contribution in [1.29, 1.82) is 0 Å². The molecule has 0 radical (unpaired) electrons. The zero-order valence-corrected chi connectivity index (χ0v) is 12.2. The zero-order valence-electron chi connectivity index (χ0n) is 11.4. The van der Waals surface area contributed by atoms with Crippen molar-refractivity contribution in [3.05, 3.63) is 33.8 Å². The maximum atomic E-state index is 4.62. The van der Waals surface area contributed by atoms with Gasteiger partial charge >= 0.3 is 0 Å². The lowest BCUT2D eigenvalue weighted by molar-refractivity contribution is 0.519. The van der Waals surface area contributed by atoms with Crippen LogP contribution < -0.4 is 5.32 Å². The monoisotopic (exact) mass is 264 g/mol. The first-order valence-electron chi connectivity index (χ1n) is 6.24. The van der Waals surface area contributed by atoms with Gasteiger partial charge in [0.15, 0.2) is 0 Å². The molecule has 18 heavy (non-hydrogen) atoms. The number of aromatic nitrogens is 3. The maximum absolute atomic E-state index is 4.62. The molecule has 0 aliphatic rings. The van der Waals surface area contributed by atoms with Gasteiger partial charge in [-0.25, -0.2) is 9.97 Å². The lowest BCUT2D eigenvalue weighted by Crippen LogP contribution is -2.24. The molecule has 0 saturated carbocycles. The van der Waals surface area contributed by atoms with E-state index >= 15 is 0 Å². The van der Waals surface area contributed by atoms with Crippen LogP contribution in [0.5, 0.6) is 0 Å². The number of hydrogen-bond acceptors (Lipinski definition) is 4. The van der Waals surface area contributed by atoms with E-state index in [1.54, 1.807) is 11.3 Å². The van der Waals surface area contributed by atoms with Gasteiger partial charge in [-0.3, -0.25) is 0 Å². The predicted molar refractivity (Wildman–Crippen MR) is 74.9 cm³/mol. The molecule has 0 aromatic carbocycles. The number of hydrogen-bond donors (Lipinski definition) is 1. The van der Waals surface area contributed by atoms with E-state index in [2.05, 4.69) is 40.6 Å². The molecule has 1 atom stereocenters. The summed E-state index contributed by atoms with van der Waals surface area (Å²) in [6.45, 7) is 7.27. The van der Waals surface area contributed by atoms with Crippen molar-refractivity contribution in [3.63, 3.8) is 0 Å². The Morgan fingerprint density at radius 3 is 2.72 bits per heavy atom. The largest absolute Gasteiger partial charge is 0.336 e. The van der Waals surface area contributed by atoms with Crippen molar-refractivity contribution in [3.8, 4) is 0 Å². The molecule has 1 N–H and O–H groups in total. The summed E-state index contributed by atoms with van der Waals surface area (Å²) in [6, 6.07) is 0.285. The lowest BCUT2D eigenvalue weighted by atomic mass is 10.1. The molecule has 2 aromatic rings. The molecule has 2 heterocycles. The number of imidazole rings is 1. The Labute approximate surface area is 112 Å². The first kappa shape index (κ1) is 13.2. The highest BCUT2D eigenvalue weighted by Gasteiger charge is 2.16. The smallest absolute Gasteiger partial charge is 0.0950 e. The minimum Gasteiger partial charge on any atom is -0.336 e. The molecular formula is C13H20N4S. The Hall–Kier alpha value is -1.20. The van der Waals surface area contributed by atoms with Gasteiger partial charge in [-0.05, 0) is 20.4 Å². The Morgan fingerprint density at radius 1 is 1.44 bits per heavy atom. The van der Waals surface area contributed by atoms with Gasteiger partial charge in [-0.15, -0.1) is 11.3 Å². The highest BCUT2D eigenvalue weighted by Crippen LogP contribution is 2.23. The van der Waals surface area contributed by atoms with Crippen LogP contribution in [0.3, 0.4) is 0 Å². The average molecular weight is 264 g/mol. The fourth-order valence-electron chi connectivity index (χ4n) is 2.03. The van der Waals surface area contributed by atoms with Gasteiger partial charge in [-0.1, -0.05) is 6.92 Å². The number of nitrogens with one attached hydrogen (secondary N) is 1. The number of thiazole rings is 1. The summed E-state index contributed by atoms with van der Waals surface area (Å²) in [5.74, 6) is 0. The summed E-state index contributed by atoms with van der Waals surface area (Å²) in [4.78, 5) is 10.1. The number of rotatable bonds is 5. The van der Waals surface area contributed by atoms with E-state index in [1.807, 2.05) is 19.6 Å². The highest BCUT2D eigenvalue weighted by atomic mass is 32.1. The molecule has 0 spiro atoms. The van der Waals surface area contributed by atoms with Crippen LogP contribution in [0.25, 0.3) is 0 Å². The molecule has 1 unspecified atom stereocenters. The van der Waals surface area contributed by atoms with Crippen LogP contribution in [-0.4, -0.2) is 21.1 Å². The molecule has 5 heteroatoms. The van der Waals surface area contributed by atoms with E-state index < -0.39 is 0 Å². The lowest BCUT2D eigenvalue weighted by Gasteiger charge is -2.17. The third kappa shape index (κ3) is 2.79. The first-order chi connectivity index (χ1) is 8.61. The van der Waals surface area contributed by atoms with Gasteiger partial charge in [0.2, 0.25) is 0 Å². The van der Waals surface area contributed by atoms with Crippen LogP contribution in [0.1, 0.15) is 34.2 Å². The Kier molecular flexibility index (Phi) is 4.14. The second kappa shape index (κ2) is 5.63. The molecule has 0 fully saturated rings. The molecule has 0 bridgehead atoms. The molecular weight excluding hydrogens is 244 g/mol. The normalized spacial score (nSPS) is 12.9. The van der Waals surface area contributed by atoms with E-state index in [0.717, 1.165) is 18.7 Å². The third-order valence-electron chi connectivity index (χ3n) is 3.11. The molecule has 98 valence electrons. The van der Waals surface area contributed by atoms with Gasteiger partial charge in [-0.2, -0.15) is 0 Å². The van der Waals surface area contributed by atoms with Crippen LogP contribution >= 0.6 is 11.3 Å². The van der Waals surface area contributed by atoms with E-state index in [0.29, 0.717) is 0 Å². The van der Waals surface area contributed by atoms with Crippen LogP contribution in [-0.2, 0) is 13.5 Å². The van der Waals surface area contributed by atoms with Crippen LogP contribution in [0.4, 0.5) is 0 Å². The summed E-state index contributed by atoms with van der Waals surface area (Å²) in [5.41, 5.74) is 2.36. The molecule has 0 aliphatic carbocycles. The van der Waals surface area contributed by atoms with Gasteiger partial charge < -0.3 is 9.88 Å². The van der Waals surface area contributed by atoms with Crippen LogP contribution in [0.15, 0.2) is 12.5 Å². The van der Waals surface area contributed by atoms with Gasteiger partial charge in [0, 0.05) is 24.5 Å². The quantitative estimate of drug-likeness (QED) is 0.901. The number of nitrogens with zero attached hydrogens (tertiary/aromatic N) is 3. The second-order valence-corrected chi connectivity index (χ2v) is 5.78. The fourth-order valence-corrected chi connectivity index (χ4v) is 3.01. The molecule has 2 rings (SSSR count). The topological polar surface area (TPSA) is 42.7 Å². The Morgan fingerprint density at radius 2 is 2.22 bits per heavy atom. The van der Waals surface area contributed by atoms with Gasteiger partial charge in [0.25, 0.3) is 0 Å². The van der Waals surface area contributed by atoms with E-state index in [1.165, 1.54) is 15.6 Å². The first-order valence-corrected chi connectivity index (χ1v) is 7.06. The zero-order chi connectivity index (χ0) is 13.1. The summed E-state index contributed by atoms with van der Waals surface area (Å²) in [6.07, 6.45) is 4.70. The molecule has 2 aromatic heterocycles. The van der Waals surface area contributed by atoms with Crippen LogP contribution in [0, 0.1) is 13.8 Å². The summed E-state index contributed by atoms with van der Waals surface area (Å²) < 4.78 is 2.07. The van der Waals surface area contributed by atoms with Gasteiger partial charge in [0.1, 0.15) is 0 Å². The third-order valence-corrected chi connectivity index (χ3v) is 4.21. The Balaban J connectivity index is 2.19. The average Bonchev–Trinajstić information content (AvgIpc) is 2.86. The molecule has 0 aliphatic heterocycles. The number of aryl methyl sites for hydroxylation is 3. The standard InChI is InChI=1S/C13H20N4S/c1-5-15-11(12-7-14-8-17(12)4)6-13-16-9(2)10(3)18-13/h7-8,11,15H,5-6H2,1-4H3. The van der Waals surface area contributed by atoms with Crippen molar-refractivity contribution in [2.24, 2.45) is 7.05 Å². The minimum absolute atomic E-state index is 0.285. The molecule has 0 amide bonds. The summed E-state index contributed by atoms with van der Waals surface area (Å²) in [5, 5.41) is 4.70. The highest BCUT2D eigenvalue weighted by molar-refractivity contribution is 7.11. The SMILES string of the molecule is CCNC(Cc1nc(C)c(C)s1)c1cncn1C. The number of likely N-dealkylation sites (N-methyl/N-ethyl adjacent to an activating group) is 1. The second-order valence-electron chi connectivity index (χ2n) is 4.49. The van der Waals surface area contributed by atoms with Crippen molar-refractivity contribution in [2.45, 2.75) is 33.2 Å². The van der Waals surface area contributed by atoms with E-state index in [9.17, 15) is 0 Å². The fraction of sp³-hybridized carbons (Fsp3) is 0.538. The summed E-state index contributed by atoms with van der Waals surface area (Å²) in [7, 11) is 2.03. The van der Waals surface area contributed by atoms with Crippen molar-refractivity contribution in [2.75, 3.05) is 6.54 Å². The van der Waals surface area contributed by atoms with E-state index in [4.69, 9.17) is 0 Å². The molecule has 0 saturated heterocycles. The Bertz CT molecular complexity index is 495. The molecule has 4 nitrogen and oxygen atoms in total. The van der Waals surface area contributed by atoms with Crippen molar-refractivity contribution in [1.82, 2.24) is 19.9 Å². The van der Waals surface area contributed by atoms with Crippen molar-refractivity contribution >= 4 is 11.3 Å². The minimum atomic E-state index is 0.285. The summed E-state index contributed by atoms with van der Waals surface area (Å²) >= 11 is 1.79. The van der Waals surface area contributed by atoms with E-state index in [-0.39, 0.29) is 6.04 Å².